The minimum atomic E-state index is -0.300. The number of hydrogen-bond acceptors (Lipinski definition) is 4. The number of aryl methyl sites for hydroxylation is 1. The Labute approximate surface area is 118 Å². The van der Waals surface area contributed by atoms with E-state index in [1.807, 2.05) is 31.2 Å². The maximum Gasteiger partial charge on any atom is 0.270 e. The SMILES string of the molecule is Cc1ccc(NC(=O)C=c2sc3n(c2=O)CCN=3)cc1. The third-order valence-corrected chi connectivity index (χ3v) is 4.08. The second kappa shape index (κ2) is 5.05. The van der Waals surface area contributed by atoms with E-state index in [1.165, 1.54) is 17.4 Å². The Morgan fingerprint density at radius 3 is 2.85 bits per heavy atom. The van der Waals surface area contributed by atoms with Crippen LogP contribution in [0.1, 0.15) is 5.56 Å². The molecule has 2 heterocycles. The monoisotopic (exact) mass is 287 g/mol. The Hall–Kier alpha value is -2.21. The van der Waals surface area contributed by atoms with E-state index in [4.69, 9.17) is 0 Å². The number of carbonyl (C=O) groups is 1. The predicted octanol–water partition coefficient (Wildman–Crippen LogP) is 0.271. The molecule has 102 valence electrons. The molecule has 1 aromatic carbocycles. The highest BCUT2D eigenvalue weighted by atomic mass is 32.1. The summed E-state index contributed by atoms with van der Waals surface area (Å²) in [6.45, 7) is 3.24. The van der Waals surface area contributed by atoms with Crippen molar-refractivity contribution in [3.8, 4) is 0 Å². The summed E-state index contributed by atoms with van der Waals surface area (Å²) in [5.41, 5.74) is 1.71. The van der Waals surface area contributed by atoms with Gasteiger partial charge >= 0.3 is 0 Å². The second-order valence-corrected chi connectivity index (χ2v) is 5.60. The smallest absolute Gasteiger partial charge is 0.270 e. The fourth-order valence-electron chi connectivity index (χ4n) is 2.00. The summed E-state index contributed by atoms with van der Waals surface area (Å²) in [6, 6.07) is 7.50. The first-order chi connectivity index (χ1) is 9.63. The Bertz CT molecular complexity index is 831. The molecule has 1 amide bonds. The number of fused-ring (bicyclic) bond motifs is 1. The van der Waals surface area contributed by atoms with E-state index in [2.05, 4.69) is 10.3 Å². The molecular weight excluding hydrogens is 274 g/mol. The molecule has 20 heavy (non-hydrogen) atoms. The van der Waals surface area contributed by atoms with Gasteiger partial charge in [-0.25, -0.2) is 0 Å². The number of carbonyl (C=O) groups excluding carboxylic acids is 1. The van der Waals surface area contributed by atoms with Crippen molar-refractivity contribution in [2.24, 2.45) is 4.99 Å². The highest BCUT2D eigenvalue weighted by Crippen LogP contribution is 2.08. The number of hydrogen-bond donors (Lipinski definition) is 1. The average Bonchev–Trinajstić information content (AvgIpc) is 2.97. The lowest BCUT2D eigenvalue weighted by atomic mass is 10.2. The molecule has 0 unspecified atom stereocenters. The molecule has 1 aliphatic heterocycles. The van der Waals surface area contributed by atoms with Crippen molar-refractivity contribution in [2.45, 2.75) is 13.5 Å². The van der Waals surface area contributed by atoms with Gasteiger partial charge in [-0.2, -0.15) is 0 Å². The first-order valence-electron chi connectivity index (χ1n) is 6.27. The van der Waals surface area contributed by atoms with E-state index in [0.717, 1.165) is 5.56 Å². The van der Waals surface area contributed by atoms with Gasteiger partial charge in [-0.3, -0.25) is 19.1 Å². The Balaban J connectivity index is 1.87. The molecule has 0 spiro atoms. The van der Waals surface area contributed by atoms with Gasteiger partial charge in [0.1, 0.15) is 4.53 Å². The Morgan fingerprint density at radius 2 is 2.15 bits per heavy atom. The van der Waals surface area contributed by atoms with Gasteiger partial charge in [0.15, 0.2) is 4.80 Å². The molecule has 6 heteroatoms. The van der Waals surface area contributed by atoms with Crippen molar-refractivity contribution in [1.29, 1.82) is 0 Å². The minimum Gasteiger partial charge on any atom is -0.322 e. The largest absolute Gasteiger partial charge is 0.322 e. The molecule has 1 N–H and O–H groups in total. The van der Waals surface area contributed by atoms with Crippen LogP contribution in [-0.4, -0.2) is 17.0 Å². The minimum absolute atomic E-state index is 0.134. The summed E-state index contributed by atoms with van der Waals surface area (Å²) < 4.78 is 2.03. The molecule has 0 radical (unpaired) electrons. The third-order valence-electron chi connectivity index (χ3n) is 3.04. The number of aromatic nitrogens is 1. The van der Waals surface area contributed by atoms with E-state index in [-0.39, 0.29) is 11.5 Å². The zero-order chi connectivity index (χ0) is 14.1. The number of amides is 1. The highest BCUT2D eigenvalue weighted by molar-refractivity contribution is 7.07. The van der Waals surface area contributed by atoms with Crippen LogP contribution in [0.4, 0.5) is 5.69 Å². The lowest BCUT2D eigenvalue weighted by Crippen LogP contribution is -2.30. The maximum atomic E-state index is 12.0. The number of rotatable bonds is 2. The second-order valence-electron chi connectivity index (χ2n) is 4.59. The molecule has 3 rings (SSSR count). The molecule has 2 aromatic rings. The van der Waals surface area contributed by atoms with E-state index in [9.17, 15) is 9.59 Å². The van der Waals surface area contributed by atoms with Gasteiger partial charge in [0, 0.05) is 18.3 Å². The van der Waals surface area contributed by atoms with Crippen LogP contribution in [0.3, 0.4) is 0 Å². The number of benzene rings is 1. The van der Waals surface area contributed by atoms with Gasteiger partial charge in [0.05, 0.1) is 6.54 Å². The van der Waals surface area contributed by atoms with Crippen LogP contribution in [0.5, 0.6) is 0 Å². The van der Waals surface area contributed by atoms with Gasteiger partial charge in [0.2, 0.25) is 5.91 Å². The number of thiazole rings is 1. The van der Waals surface area contributed by atoms with Gasteiger partial charge in [-0.05, 0) is 19.1 Å². The standard InChI is InChI=1S/C14H13N3O2S/c1-9-2-4-10(5-3-9)16-12(18)8-11-13(19)17-7-6-15-14(17)20-11/h2-5,8H,6-7H2,1H3,(H,16,18). The summed E-state index contributed by atoms with van der Waals surface area (Å²) in [4.78, 5) is 28.8. The van der Waals surface area contributed by atoms with E-state index >= 15 is 0 Å². The lowest BCUT2D eigenvalue weighted by Gasteiger charge is -2.01. The first-order valence-corrected chi connectivity index (χ1v) is 7.08. The molecule has 0 saturated carbocycles. The third kappa shape index (κ3) is 2.42. The van der Waals surface area contributed by atoms with E-state index in [1.54, 1.807) is 4.57 Å². The van der Waals surface area contributed by atoms with Crippen LogP contribution in [0, 0.1) is 6.92 Å². The van der Waals surface area contributed by atoms with Crippen LogP contribution in [0.15, 0.2) is 34.1 Å². The van der Waals surface area contributed by atoms with Crippen LogP contribution < -0.4 is 20.2 Å². The topological polar surface area (TPSA) is 63.5 Å². The number of nitrogens with zero attached hydrogens (tertiary/aromatic N) is 2. The van der Waals surface area contributed by atoms with Crippen molar-refractivity contribution in [2.75, 3.05) is 11.9 Å². The molecule has 1 aromatic heterocycles. The van der Waals surface area contributed by atoms with E-state index < -0.39 is 0 Å². The molecule has 5 nitrogen and oxygen atoms in total. The first kappa shape index (κ1) is 12.8. The maximum absolute atomic E-state index is 12.0. The summed E-state index contributed by atoms with van der Waals surface area (Å²) in [5.74, 6) is -0.300. The van der Waals surface area contributed by atoms with Crippen molar-refractivity contribution < 1.29 is 4.79 Å². The summed E-state index contributed by atoms with van der Waals surface area (Å²) >= 11 is 1.26. The Morgan fingerprint density at radius 1 is 1.40 bits per heavy atom. The summed E-state index contributed by atoms with van der Waals surface area (Å²) in [7, 11) is 0. The van der Waals surface area contributed by atoms with Crippen LogP contribution in [-0.2, 0) is 11.3 Å². The molecule has 0 fully saturated rings. The fourth-order valence-corrected chi connectivity index (χ4v) is 3.00. The van der Waals surface area contributed by atoms with Gasteiger partial charge in [0.25, 0.3) is 5.56 Å². The molecule has 0 saturated heterocycles. The number of nitrogens with one attached hydrogen (secondary N) is 1. The van der Waals surface area contributed by atoms with Crippen LogP contribution in [0.25, 0.3) is 6.08 Å². The van der Waals surface area contributed by atoms with Crippen molar-refractivity contribution in [3.63, 3.8) is 0 Å². The molecule has 0 atom stereocenters. The molecule has 0 aliphatic carbocycles. The normalized spacial score (nSPS) is 13.9. The zero-order valence-corrected chi connectivity index (χ0v) is 11.7. The fraction of sp³-hybridized carbons (Fsp3) is 0.214. The summed E-state index contributed by atoms with van der Waals surface area (Å²) in [5, 5.41) is 2.74. The average molecular weight is 287 g/mol. The van der Waals surface area contributed by atoms with Crippen LogP contribution in [0.2, 0.25) is 0 Å². The van der Waals surface area contributed by atoms with E-state index in [0.29, 0.717) is 28.1 Å². The van der Waals surface area contributed by atoms with Crippen molar-refractivity contribution in [3.05, 3.63) is 49.5 Å². The zero-order valence-electron chi connectivity index (χ0n) is 10.9. The Kier molecular flexibility index (Phi) is 3.23. The molecular formula is C14H13N3O2S. The summed E-state index contributed by atoms with van der Waals surface area (Å²) in [6.07, 6.45) is 1.34. The van der Waals surface area contributed by atoms with Gasteiger partial charge < -0.3 is 5.32 Å². The predicted molar refractivity (Wildman–Crippen MR) is 78.5 cm³/mol. The lowest BCUT2D eigenvalue weighted by molar-refractivity contribution is -0.110. The van der Waals surface area contributed by atoms with Gasteiger partial charge in [-0.1, -0.05) is 29.0 Å². The van der Waals surface area contributed by atoms with Crippen LogP contribution >= 0.6 is 11.3 Å². The highest BCUT2D eigenvalue weighted by Gasteiger charge is 2.10. The van der Waals surface area contributed by atoms with Crippen molar-refractivity contribution >= 4 is 29.0 Å². The quantitative estimate of drug-likeness (QED) is 0.862. The van der Waals surface area contributed by atoms with Gasteiger partial charge in [-0.15, -0.1) is 0 Å². The van der Waals surface area contributed by atoms with Crippen molar-refractivity contribution in [1.82, 2.24) is 4.57 Å². The molecule has 0 bridgehead atoms. The number of anilines is 1. The molecule has 1 aliphatic rings.